The number of ether oxygens (including phenoxy) is 1. The lowest BCUT2D eigenvalue weighted by Crippen LogP contribution is -2.49. The van der Waals surface area contributed by atoms with Crippen LogP contribution in [0.2, 0.25) is 0 Å². The first kappa shape index (κ1) is 30.9. The molecular formula is C34H45F2N3O2. The van der Waals surface area contributed by atoms with Crippen molar-refractivity contribution in [1.82, 2.24) is 9.80 Å². The molecule has 0 aliphatic carbocycles. The van der Waals surface area contributed by atoms with Crippen LogP contribution >= 0.6 is 0 Å². The zero-order valence-corrected chi connectivity index (χ0v) is 24.7. The van der Waals surface area contributed by atoms with Gasteiger partial charge in [0.05, 0.1) is 0 Å². The Balaban J connectivity index is 1.15. The predicted octanol–water partition coefficient (Wildman–Crippen LogP) is 6.22. The van der Waals surface area contributed by atoms with Crippen molar-refractivity contribution in [3.8, 4) is 5.75 Å². The number of β-amino-alcohol motifs (C(OH)–C–C–N with tert-alkyl or cyclic N) is 1. The normalized spacial score (nSPS) is 15.4. The van der Waals surface area contributed by atoms with Crippen LogP contribution in [0.25, 0.3) is 0 Å². The molecule has 222 valence electrons. The van der Waals surface area contributed by atoms with E-state index in [9.17, 15) is 13.9 Å². The van der Waals surface area contributed by atoms with E-state index in [1.807, 2.05) is 51.1 Å². The summed E-state index contributed by atoms with van der Waals surface area (Å²) in [4.78, 5) is 4.81. The summed E-state index contributed by atoms with van der Waals surface area (Å²) < 4.78 is 32.9. The topological polar surface area (TPSA) is 62.0 Å². The van der Waals surface area contributed by atoms with E-state index >= 15 is 0 Å². The van der Waals surface area contributed by atoms with Crippen LogP contribution in [0.1, 0.15) is 59.4 Å². The van der Waals surface area contributed by atoms with Crippen molar-refractivity contribution >= 4 is 5.69 Å². The monoisotopic (exact) mass is 565 g/mol. The molecule has 0 aromatic heterocycles. The average molecular weight is 566 g/mol. The lowest BCUT2D eigenvalue weighted by atomic mass is 9.87. The molecule has 7 heteroatoms. The maximum atomic E-state index is 13.5. The van der Waals surface area contributed by atoms with E-state index in [1.165, 1.54) is 24.3 Å². The molecule has 1 aliphatic rings. The van der Waals surface area contributed by atoms with Crippen LogP contribution in [0, 0.1) is 32.4 Å². The minimum Gasteiger partial charge on any atom is -0.491 e. The quantitative estimate of drug-likeness (QED) is 0.190. The number of aliphatic hydroxyl groups is 1. The number of nitrogen functional groups attached to an aromatic ring is 1. The molecule has 0 unspecified atom stereocenters. The first-order chi connectivity index (χ1) is 19.7. The van der Waals surface area contributed by atoms with Gasteiger partial charge >= 0.3 is 0 Å². The first-order valence-corrected chi connectivity index (χ1v) is 14.8. The van der Waals surface area contributed by atoms with E-state index < -0.39 is 6.10 Å². The number of unbranched alkanes of at least 4 members (excludes halogenated alkanes) is 2. The standard InChI is InChI=1S/C34H45F2N3O2/c1-24-21-33(25(2)26(3)34(24)37)41-23-31(40)22-39-19-17-38(18-20-39)16-6-4-5-7-32(27-8-12-29(35)13-9-27)28-10-14-30(36)15-11-28/h8-15,21,31-32,40H,4-7,16-20,22-23,37H2,1-3H3/t31-/m0/s1. The Morgan fingerprint density at radius 2 is 1.37 bits per heavy atom. The molecule has 0 radical (unpaired) electrons. The number of rotatable bonds is 13. The Kier molecular flexibility index (Phi) is 11.1. The summed E-state index contributed by atoms with van der Waals surface area (Å²) in [5.74, 6) is 0.438. The zero-order chi connectivity index (χ0) is 29.4. The highest BCUT2D eigenvalue weighted by Gasteiger charge is 2.20. The second-order valence-electron chi connectivity index (χ2n) is 11.5. The van der Waals surface area contributed by atoms with Gasteiger partial charge in [0.15, 0.2) is 0 Å². The Bertz CT molecular complexity index is 1200. The summed E-state index contributed by atoms with van der Waals surface area (Å²) in [5.41, 5.74) is 12.1. The molecule has 1 atom stereocenters. The average Bonchev–Trinajstić information content (AvgIpc) is 2.97. The number of nitrogens with zero attached hydrogens (tertiary/aromatic N) is 2. The van der Waals surface area contributed by atoms with Gasteiger partial charge in [-0.25, -0.2) is 8.78 Å². The molecule has 3 aromatic carbocycles. The Morgan fingerprint density at radius 1 is 0.805 bits per heavy atom. The number of halogens is 2. The summed E-state index contributed by atoms with van der Waals surface area (Å²) in [6.07, 6.45) is 3.68. The smallest absolute Gasteiger partial charge is 0.123 e. The highest BCUT2D eigenvalue weighted by molar-refractivity contribution is 5.60. The van der Waals surface area contributed by atoms with E-state index in [0.717, 1.165) is 97.7 Å². The minimum atomic E-state index is -0.547. The van der Waals surface area contributed by atoms with Crippen molar-refractivity contribution < 1.29 is 18.6 Å². The minimum absolute atomic E-state index is 0.132. The number of hydrogen-bond acceptors (Lipinski definition) is 5. The van der Waals surface area contributed by atoms with Crippen molar-refractivity contribution in [2.45, 2.75) is 58.5 Å². The third-order valence-electron chi connectivity index (χ3n) is 8.49. The third kappa shape index (κ3) is 8.74. The second-order valence-corrected chi connectivity index (χ2v) is 11.5. The summed E-state index contributed by atoms with van der Waals surface area (Å²) in [6.45, 7) is 11.8. The summed E-state index contributed by atoms with van der Waals surface area (Å²) in [6, 6.07) is 15.3. The van der Waals surface area contributed by atoms with Crippen molar-refractivity contribution in [3.63, 3.8) is 0 Å². The van der Waals surface area contributed by atoms with E-state index in [2.05, 4.69) is 9.80 Å². The number of piperazine rings is 1. The molecule has 1 aliphatic heterocycles. The number of anilines is 1. The van der Waals surface area contributed by atoms with Crippen LogP contribution < -0.4 is 10.5 Å². The Labute approximate surface area is 243 Å². The molecular weight excluding hydrogens is 520 g/mol. The fourth-order valence-electron chi connectivity index (χ4n) is 5.72. The van der Waals surface area contributed by atoms with Gasteiger partial charge in [-0.2, -0.15) is 0 Å². The number of nitrogens with two attached hydrogens (primary N) is 1. The maximum Gasteiger partial charge on any atom is 0.123 e. The van der Waals surface area contributed by atoms with Crippen LogP contribution in [0.5, 0.6) is 5.75 Å². The molecule has 41 heavy (non-hydrogen) atoms. The fourth-order valence-corrected chi connectivity index (χ4v) is 5.72. The molecule has 0 spiro atoms. The van der Waals surface area contributed by atoms with Gasteiger partial charge < -0.3 is 20.5 Å². The second kappa shape index (κ2) is 14.8. The molecule has 1 fully saturated rings. The Morgan fingerprint density at radius 3 is 1.95 bits per heavy atom. The molecule has 1 saturated heterocycles. The zero-order valence-electron chi connectivity index (χ0n) is 24.7. The number of benzene rings is 3. The van der Waals surface area contributed by atoms with Gasteiger partial charge in [0.2, 0.25) is 0 Å². The lowest BCUT2D eigenvalue weighted by Gasteiger charge is -2.35. The number of aryl methyl sites for hydroxylation is 1. The highest BCUT2D eigenvalue weighted by Crippen LogP contribution is 2.31. The molecule has 3 aromatic rings. The summed E-state index contributed by atoms with van der Waals surface area (Å²) in [7, 11) is 0. The van der Waals surface area contributed by atoms with Gasteiger partial charge in [-0.05, 0) is 98.3 Å². The number of hydrogen-bond donors (Lipinski definition) is 2. The largest absolute Gasteiger partial charge is 0.491 e. The lowest BCUT2D eigenvalue weighted by molar-refractivity contribution is 0.0456. The van der Waals surface area contributed by atoms with Crippen LogP contribution in [0.3, 0.4) is 0 Å². The molecule has 0 amide bonds. The Hall–Kier alpha value is -3.00. The van der Waals surface area contributed by atoms with Crippen molar-refractivity contribution in [2.75, 3.05) is 51.6 Å². The predicted molar refractivity (Wildman–Crippen MR) is 163 cm³/mol. The molecule has 3 N–H and O–H groups in total. The fraction of sp³-hybridized carbons (Fsp3) is 0.471. The van der Waals surface area contributed by atoms with Gasteiger partial charge in [0.25, 0.3) is 0 Å². The molecule has 5 nitrogen and oxygen atoms in total. The van der Waals surface area contributed by atoms with Crippen molar-refractivity contribution in [2.24, 2.45) is 0 Å². The number of aliphatic hydroxyl groups excluding tert-OH is 1. The van der Waals surface area contributed by atoms with Gasteiger partial charge in [-0.15, -0.1) is 0 Å². The molecule has 0 bridgehead atoms. The van der Waals surface area contributed by atoms with E-state index in [1.54, 1.807) is 0 Å². The van der Waals surface area contributed by atoms with Crippen LogP contribution in [0.4, 0.5) is 14.5 Å². The third-order valence-corrected chi connectivity index (χ3v) is 8.49. The first-order valence-electron chi connectivity index (χ1n) is 14.8. The summed E-state index contributed by atoms with van der Waals surface area (Å²) >= 11 is 0. The summed E-state index contributed by atoms with van der Waals surface area (Å²) in [5, 5.41) is 10.6. The van der Waals surface area contributed by atoms with Gasteiger partial charge in [-0.1, -0.05) is 37.1 Å². The van der Waals surface area contributed by atoms with E-state index in [-0.39, 0.29) is 24.2 Å². The van der Waals surface area contributed by atoms with Crippen molar-refractivity contribution in [3.05, 3.63) is 94.0 Å². The van der Waals surface area contributed by atoms with Gasteiger partial charge in [-0.3, -0.25) is 4.90 Å². The van der Waals surface area contributed by atoms with E-state index in [4.69, 9.17) is 10.5 Å². The van der Waals surface area contributed by atoms with Crippen LogP contribution in [-0.4, -0.2) is 66.9 Å². The molecule has 4 rings (SSSR count). The van der Waals surface area contributed by atoms with Crippen LogP contribution in [-0.2, 0) is 0 Å². The molecule has 1 heterocycles. The van der Waals surface area contributed by atoms with Gasteiger partial charge in [0, 0.05) is 44.3 Å². The SMILES string of the molecule is Cc1cc(OC[C@@H](O)CN2CCN(CCCCCC(c3ccc(F)cc3)c3ccc(F)cc3)CC2)c(C)c(C)c1N. The van der Waals surface area contributed by atoms with Gasteiger partial charge in [0.1, 0.15) is 30.1 Å². The van der Waals surface area contributed by atoms with Crippen LogP contribution in [0.15, 0.2) is 54.6 Å². The van der Waals surface area contributed by atoms with Crippen molar-refractivity contribution in [1.29, 1.82) is 0 Å². The molecule has 0 saturated carbocycles. The van der Waals surface area contributed by atoms with E-state index in [0.29, 0.717) is 6.54 Å². The highest BCUT2D eigenvalue weighted by atomic mass is 19.1. The maximum absolute atomic E-state index is 13.5.